The Hall–Kier alpha value is -1.65. The first-order valence-electron chi connectivity index (χ1n) is 7.13. The Morgan fingerprint density at radius 3 is 2.92 bits per heavy atom. The van der Waals surface area contributed by atoms with Crippen molar-refractivity contribution in [3.63, 3.8) is 0 Å². The Morgan fingerprint density at radius 2 is 2.25 bits per heavy atom. The van der Waals surface area contributed by atoms with Crippen LogP contribution in [0.2, 0.25) is 0 Å². The molecule has 0 fully saturated rings. The molecule has 130 valence electrons. The van der Waals surface area contributed by atoms with Crippen LogP contribution in [0.1, 0.15) is 19.5 Å². The highest BCUT2D eigenvalue weighted by atomic mass is 79.9. The summed E-state index contributed by atoms with van der Waals surface area (Å²) < 4.78 is 18.3. The third-order valence-corrected chi connectivity index (χ3v) is 4.52. The Labute approximate surface area is 151 Å². The fourth-order valence-electron chi connectivity index (χ4n) is 1.74. The predicted molar refractivity (Wildman–Crippen MR) is 95.6 cm³/mol. The van der Waals surface area contributed by atoms with Gasteiger partial charge in [-0.2, -0.15) is 11.8 Å². The maximum atomic E-state index is 13.3. The molecule has 24 heavy (non-hydrogen) atoms. The fourth-order valence-corrected chi connectivity index (χ4v) is 2.80. The van der Waals surface area contributed by atoms with Crippen molar-refractivity contribution in [1.82, 2.24) is 15.8 Å². The number of aliphatic imine (C=N–C) groups is 1. The lowest BCUT2D eigenvalue weighted by Gasteiger charge is -2.07. The Morgan fingerprint density at radius 1 is 1.46 bits per heavy atom. The van der Waals surface area contributed by atoms with Crippen molar-refractivity contribution < 1.29 is 14.2 Å². The van der Waals surface area contributed by atoms with Crippen LogP contribution in [0, 0.1) is 5.82 Å². The molecule has 0 atom stereocenters. The number of halogens is 2. The van der Waals surface area contributed by atoms with E-state index in [4.69, 9.17) is 4.63 Å². The van der Waals surface area contributed by atoms with E-state index in [0.29, 0.717) is 23.3 Å². The van der Waals surface area contributed by atoms with Gasteiger partial charge in [-0.05, 0) is 49.7 Å². The lowest BCUT2D eigenvalue weighted by Crippen LogP contribution is -2.22. The summed E-state index contributed by atoms with van der Waals surface area (Å²) >= 11 is 4.89. The monoisotopic (exact) mass is 417 g/mol. The van der Waals surface area contributed by atoms with Crippen LogP contribution >= 0.6 is 27.7 Å². The van der Waals surface area contributed by atoms with E-state index in [-0.39, 0.29) is 16.0 Å². The molecule has 0 aliphatic carbocycles. The first-order valence-corrected chi connectivity index (χ1v) is 8.97. The molecule has 2 aromatic rings. The van der Waals surface area contributed by atoms with Gasteiger partial charge in [-0.15, -0.1) is 0 Å². The molecular formula is C14H17BrFN5O2S. The number of rotatable bonds is 7. The molecule has 0 aliphatic heterocycles. The molecule has 7 nitrogen and oxygen atoms in total. The van der Waals surface area contributed by atoms with E-state index in [1.165, 1.54) is 18.2 Å². The Balaban J connectivity index is 2.14. The maximum absolute atomic E-state index is 13.3. The molecule has 0 amide bonds. The van der Waals surface area contributed by atoms with Gasteiger partial charge in [0, 0.05) is 12.3 Å². The van der Waals surface area contributed by atoms with Crippen molar-refractivity contribution in [2.24, 2.45) is 4.99 Å². The van der Waals surface area contributed by atoms with Gasteiger partial charge >= 0.3 is 0 Å². The summed E-state index contributed by atoms with van der Waals surface area (Å²) in [5.41, 5.74) is 2.62. The molecule has 0 saturated heterocycles. The normalized spacial score (nSPS) is 11.8. The summed E-state index contributed by atoms with van der Waals surface area (Å²) in [6.07, 6.45) is 0. The smallest absolute Gasteiger partial charge is 0.202 e. The molecule has 1 aromatic carbocycles. The molecule has 0 bridgehead atoms. The maximum Gasteiger partial charge on any atom is 0.202 e. The largest absolute Gasteiger partial charge is 0.364 e. The van der Waals surface area contributed by atoms with Gasteiger partial charge in [-0.3, -0.25) is 10.7 Å². The SMILES string of the molecule is CC(C)SCCNc1nonc1C(=Nc1ccc(F)c(Br)c1)NO. The van der Waals surface area contributed by atoms with Crippen molar-refractivity contribution in [2.75, 3.05) is 17.6 Å². The van der Waals surface area contributed by atoms with Gasteiger partial charge in [0.05, 0.1) is 10.2 Å². The van der Waals surface area contributed by atoms with Crippen LogP contribution < -0.4 is 10.8 Å². The van der Waals surface area contributed by atoms with Gasteiger partial charge in [0.1, 0.15) is 5.82 Å². The molecule has 0 unspecified atom stereocenters. The number of nitrogens with one attached hydrogen (secondary N) is 2. The summed E-state index contributed by atoms with van der Waals surface area (Å²) in [6.45, 7) is 4.90. The first kappa shape index (κ1) is 18.7. The molecule has 0 aliphatic rings. The minimum absolute atomic E-state index is 0.0359. The second kappa shape index (κ2) is 9.00. The molecule has 0 radical (unpaired) electrons. The lowest BCUT2D eigenvalue weighted by atomic mass is 10.3. The molecule has 0 saturated carbocycles. The van der Waals surface area contributed by atoms with Crippen molar-refractivity contribution in [3.8, 4) is 0 Å². The number of hydrogen-bond acceptors (Lipinski definition) is 7. The number of nitrogens with zero attached hydrogens (tertiary/aromatic N) is 3. The van der Waals surface area contributed by atoms with E-state index in [2.05, 4.69) is 50.4 Å². The van der Waals surface area contributed by atoms with Gasteiger partial charge in [0.15, 0.2) is 11.5 Å². The number of benzene rings is 1. The molecule has 1 aromatic heterocycles. The number of anilines is 1. The number of thioether (sulfide) groups is 1. The standard InChI is InChI=1S/C14H17BrFN5O2S/c1-8(2)24-6-5-17-13-12(20-23-21-13)14(19-22)18-9-3-4-11(16)10(15)7-9/h3-4,7-8,22H,5-6H2,1-2H3,(H,17,21)(H,18,19). The van der Waals surface area contributed by atoms with Crippen molar-refractivity contribution in [2.45, 2.75) is 19.1 Å². The van der Waals surface area contributed by atoms with Crippen LogP contribution in [0.15, 0.2) is 32.3 Å². The van der Waals surface area contributed by atoms with E-state index in [9.17, 15) is 9.60 Å². The Bertz CT molecular complexity index is 710. The minimum atomic E-state index is -0.402. The van der Waals surface area contributed by atoms with E-state index in [1.54, 1.807) is 11.8 Å². The summed E-state index contributed by atoms with van der Waals surface area (Å²) in [5, 5.41) is 20.5. The second-order valence-electron chi connectivity index (χ2n) is 4.98. The molecular weight excluding hydrogens is 401 g/mol. The zero-order chi connectivity index (χ0) is 17.5. The molecule has 3 N–H and O–H groups in total. The number of hydroxylamine groups is 1. The van der Waals surface area contributed by atoms with Gasteiger partial charge in [0.2, 0.25) is 5.82 Å². The quantitative estimate of drug-likeness (QED) is 0.274. The zero-order valence-corrected chi connectivity index (χ0v) is 15.5. The van der Waals surface area contributed by atoms with Crippen molar-refractivity contribution in [3.05, 3.63) is 34.2 Å². The number of aromatic nitrogens is 2. The molecule has 2 rings (SSSR count). The summed E-state index contributed by atoms with van der Waals surface area (Å²) in [6, 6.07) is 4.21. The van der Waals surface area contributed by atoms with Gasteiger partial charge in [0.25, 0.3) is 0 Å². The van der Waals surface area contributed by atoms with Crippen LogP contribution in [0.25, 0.3) is 0 Å². The third kappa shape index (κ3) is 5.18. The highest BCUT2D eigenvalue weighted by molar-refractivity contribution is 9.10. The van der Waals surface area contributed by atoms with E-state index in [1.807, 2.05) is 5.48 Å². The fraction of sp³-hybridized carbons (Fsp3) is 0.357. The van der Waals surface area contributed by atoms with Crippen molar-refractivity contribution in [1.29, 1.82) is 0 Å². The third-order valence-electron chi connectivity index (χ3n) is 2.81. The topological polar surface area (TPSA) is 95.6 Å². The van der Waals surface area contributed by atoms with Crippen molar-refractivity contribution >= 4 is 45.0 Å². The zero-order valence-electron chi connectivity index (χ0n) is 13.1. The molecule has 1 heterocycles. The van der Waals surface area contributed by atoms with Crippen LogP contribution in [0.3, 0.4) is 0 Å². The first-order chi connectivity index (χ1) is 11.5. The number of hydrogen-bond donors (Lipinski definition) is 3. The van der Waals surface area contributed by atoms with E-state index < -0.39 is 5.82 Å². The molecule has 10 heteroatoms. The minimum Gasteiger partial charge on any atom is -0.364 e. The highest BCUT2D eigenvalue weighted by Gasteiger charge is 2.16. The Kier molecular flexibility index (Phi) is 7.00. The average Bonchev–Trinajstić information content (AvgIpc) is 3.00. The van der Waals surface area contributed by atoms with Crippen LogP contribution in [0.4, 0.5) is 15.9 Å². The predicted octanol–water partition coefficient (Wildman–Crippen LogP) is 3.58. The summed E-state index contributed by atoms with van der Waals surface area (Å²) in [7, 11) is 0. The van der Waals surface area contributed by atoms with E-state index >= 15 is 0 Å². The van der Waals surface area contributed by atoms with Crippen LogP contribution in [-0.4, -0.2) is 38.9 Å². The van der Waals surface area contributed by atoms with Gasteiger partial charge in [-0.25, -0.2) is 14.0 Å². The van der Waals surface area contributed by atoms with Crippen LogP contribution in [-0.2, 0) is 0 Å². The second-order valence-corrected chi connectivity index (χ2v) is 7.52. The summed E-state index contributed by atoms with van der Waals surface area (Å²) in [4.78, 5) is 4.19. The van der Waals surface area contributed by atoms with E-state index in [0.717, 1.165) is 5.75 Å². The van der Waals surface area contributed by atoms with Gasteiger partial charge in [-0.1, -0.05) is 13.8 Å². The number of amidine groups is 1. The molecule has 0 spiro atoms. The highest BCUT2D eigenvalue weighted by Crippen LogP contribution is 2.23. The van der Waals surface area contributed by atoms with Gasteiger partial charge < -0.3 is 5.32 Å². The summed E-state index contributed by atoms with van der Waals surface area (Å²) in [5.74, 6) is 0.878. The van der Waals surface area contributed by atoms with Crippen LogP contribution in [0.5, 0.6) is 0 Å². The lowest BCUT2D eigenvalue weighted by molar-refractivity contribution is 0.234. The average molecular weight is 418 g/mol.